The number of carbonyl (C=O) groups is 1. The van der Waals surface area contributed by atoms with E-state index in [2.05, 4.69) is 0 Å². The highest BCUT2D eigenvalue weighted by Gasteiger charge is 2.28. The lowest BCUT2D eigenvalue weighted by molar-refractivity contribution is 0.0107. The number of hydrogen-bond acceptors (Lipinski definition) is 3. The van der Waals surface area contributed by atoms with Gasteiger partial charge in [-0.2, -0.15) is 0 Å². The highest BCUT2D eigenvalue weighted by molar-refractivity contribution is 5.68. The molecule has 1 aliphatic heterocycles. The molecule has 18 heavy (non-hydrogen) atoms. The van der Waals surface area contributed by atoms with Crippen LogP contribution >= 0.6 is 0 Å². The lowest BCUT2D eigenvalue weighted by Crippen LogP contribution is -2.45. The zero-order valence-corrected chi connectivity index (χ0v) is 11.9. The fourth-order valence-electron chi connectivity index (χ4n) is 2.36. The van der Waals surface area contributed by atoms with Crippen molar-refractivity contribution in [1.82, 2.24) is 4.90 Å². The Kier molecular flexibility index (Phi) is 5.93. The van der Waals surface area contributed by atoms with Crippen LogP contribution in [0.3, 0.4) is 0 Å². The van der Waals surface area contributed by atoms with Gasteiger partial charge in [-0.05, 0) is 40.0 Å². The number of aliphatic hydroxyl groups excluding tert-OH is 1. The van der Waals surface area contributed by atoms with Crippen molar-refractivity contribution in [1.29, 1.82) is 0 Å². The van der Waals surface area contributed by atoms with Gasteiger partial charge in [-0.15, -0.1) is 0 Å². The smallest absolute Gasteiger partial charge is 0.410 e. The minimum absolute atomic E-state index is 0.129. The van der Waals surface area contributed by atoms with Crippen LogP contribution in [0.2, 0.25) is 0 Å². The Hall–Kier alpha value is -0.770. The second kappa shape index (κ2) is 6.98. The van der Waals surface area contributed by atoms with Crippen molar-refractivity contribution in [3.8, 4) is 0 Å². The SMILES string of the molecule is CC(C)(C)OC(=O)N1CCCCCCC1CCO. The van der Waals surface area contributed by atoms with E-state index in [9.17, 15) is 4.79 Å². The normalized spacial score (nSPS) is 22.2. The molecule has 0 aromatic heterocycles. The number of aliphatic hydroxyl groups is 1. The summed E-state index contributed by atoms with van der Waals surface area (Å²) in [6, 6.07) is 0.130. The molecule has 0 bridgehead atoms. The molecule has 0 aromatic carbocycles. The molecule has 1 fully saturated rings. The number of carbonyl (C=O) groups excluding carboxylic acids is 1. The summed E-state index contributed by atoms with van der Waals surface area (Å²) in [7, 11) is 0. The van der Waals surface area contributed by atoms with Crippen LogP contribution in [-0.4, -0.2) is 40.9 Å². The first kappa shape index (κ1) is 15.3. The molecule has 4 heteroatoms. The maximum absolute atomic E-state index is 12.2. The third-order valence-corrected chi connectivity index (χ3v) is 3.22. The molecule has 0 spiro atoms. The molecule has 1 amide bonds. The van der Waals surface area contributed by atoms with Crippen LogP contribution in [0.15, 0.2) is 0 Å². The molecule has 1 N–H and O–H groups in total. The van der Waals surface area contributed by atoms with Crippen LogP contribution in [0, 0.1) is 0 Å². The number of likely N-dealkylation sites (tertiary alicyclic amines) is 1. The molecular weight excluding hydrogens is 230 g/mol. The van der Waals surface area contributed by atoms with Crippen LogP contribution in [0.4, 0.5) is 4.79 Å². The van der Waals surface area contributed by atoms with Crippen molar-refractivity contribution in [2.24, 2.45) is 0 Å². The van der Waals surface area contributed by atoms with Crippen LogP contribution in [0.25, 0.3) is 0 Å². The zero-order valence-electron chi connectivity index (χ0n) is 11.9. The Morgan fingerprint density at radius 1 is 1.28 bits per heavy atom. The topological polar surface area (TPSA) is 49.8 Å². The largest absolute Gasteiger partial charge is 0.444 e. The van der Waals surface area contributed by atoms with E-state index in [1.54, 1.807) is 0 Å². The quantitative estimate of drug-likeness (QED) is 0.827. The monoisotopic (exact) mass is 257 g/mol. The molecule has 4 nitrogen and oxygen atoms in total. The number of amides is 1. The molecule has 1 unspecified atom stereocenters. The van der Waals surface area contributed by atoms with Gasteiger partial charge < -0.3 is 14.7 Å². The van der Waals surface area contributed by atoms with E-state index in [0.29, 0.717) is 6.42 Å². The van der Waals surface area contributed by atoms with Gasteiger partial charge in [0.25, 0.3) is 0 Å². The fourth-order valence-corrected chi connectivity index (χ4v) is 2.36. The van der Waals surface area contributed by atoms with Gasteiger partial charge in [0.1, 0.15) is 5.60 Å². The molecule has 1 heterocycles. The summed E-state index contributed by atoms with van der Waals surface area (Å²) in [6.07, 6.45) is 5.95. The van der Waals surface area contributed by atoms with Gasteiger partial charge in [-0.3, -0.25) is 0 Å². The molecule has 1 saturated heterocycles. The first-order valence-electron chi connectivity index (χ1n) is 7.04. The van der Waals surface area contributed by atoms with Gasteiger partial charge in [0.05, 0.1) is 0 Å². The molecule has 1 rings (SSSR count). The molecule has 0 saturated carbocycles. The van der Waals surface area contributed by atoms with Gasteiger partial charge in [0.15, 0.2) is 0 Å². The van der Waals surface area contributed by atoms with Crippen molar-refractivity contribution < 1.29 is 14.6 Å². The van der Waals surface area contributed by atoms with Gasteiger partial charge >= 0.3 is 6.09 Å². The number of hydrogen-bond donors (Lipinski definition) is 1. The highest BCUT2D eigenvalue weighted by atomic mass is 16.6. The molecule has 0 aliphatic carbocycles. The van der Waals surface area contributed by atoms with Crippen molar-refractivity contribution in [3.63, 3.8) is 0 Å². The molecule has 0 aromatic rings. The summed E-state index contributed by atoms with van der Waals surface area (Å²) < 4.78 is 5.46. The number of ether oxygens (including phenoxy) is 1. The van der Waals surface area contributed by atoms with Gasteiger partial charge in [0, 0.05) is 19.2 Å². The first-order valence-corrected chi connectivity index (χ1v) is 7.04. The average molecular weight is 257 g/mol. The van der Waals surface area contributed by atoms with Crippen LogP contribution in [0.5, 0.6) is 0 Å². The summed E-state index contributed by atoms with van der Waals surface area (Å²) in [6.45, 7) is 6.53. The Morgan fingerprint density at radius 3 is 2.56 bits per heavy atom. The van der Waals surface area contributed by atoms with E-state index in [1.807, 2.05) is 25.7 Å². The molecule has 106 valence electrons. The van der Waals surface area contributed by atoms with E-state index >= 15 is 0 Å². The van der Waals surface area contributed by atoms with Crippen molar-refractivity contribution in [3.05, 3.63) is 0 Å². The minimum Gasteiger partial charge on any atom is -0.444 e. The summed E-state index contributed by atoms with van der Waals surface area (Å²) >= 11 is 0. The van der Waals surface area contributed by atoms with Crippen LogP contribution < -0.4 is 0 Å². The molecule has 1 aliphatic rings. The van der Waals surface area contributed by atoms with Crippen molar-refractivity contribution >= 4 is 6.09 Å². The van der Waals surface area contributed by atoms with E-state index in [4.69, 9.17) is 9.84 Å². The van der Waals surface area contributed by atoms with Crippen LogP contribution in [-0.2, 0) is 4.74 Å². The standard InChI is InChI=1S/C14H27NO3/c1-14(2,3)18-13(17)15-10-7-5-4-6-8-12(15)9-11-16/h12,16H,4-11H2,1-3H3. The average Bonchev–Trinajstić information content (AvgIpc) is 2.19. The summed E-state index contributed by atoms with van der Waals surface area (Å²) in [4.78, 5) is 14.0. The maximum Gasteiger partial charge on any atom is 0.410 e. The first-order chi connectivity index (χ1) is 8.44. The van der Waals surface area contributed by atoms with E-state index in [-0.39, 0.29) is 18.7 Å². The molecular formula is C14H27NO3. The second-order valence-electron chi connectivity index (χ2n) is 6.04. The zero-order chi connectivity index (χ0) is 13.6. The van der Waals surface area contributed by atoms with E-state index < -0.39 is 5.60 Å². The minimum atomic E-state index is -0.455. The van der Waals surface area contributed by atoms with E-state index in [0.717, 1.165) is 25.8 Å². The predicted molar refractivity (Wildman–Crippen MR) is 71.5 cm³/mol. The van der Waals surface area contributed by atoms with Crippen LogP contribution in [0.1, 0.15) is 59.3 Å². The number of rotatable bonds is 2. The Labute approximate surface area is 110 Å². The Balaban J connectivity index is 2.67. The fraction of sp³-hybridized carbons (Fsp3) is 0.929. The summed E-state index contributed by atoms with van der Waals surface area (Å²) in [5, 5.41) is 9.13. The van der Waals surface area contributed by atoms with Gasteiger partial charge in [-0.25, -0.2) is 4.79 Å². The third-order valence-electron chi connectivity index (χ3n) is 3.22. The lowest BCUT2D eigenvalue weighted by atomic mass is 10.0. The van der Waals surface area contributed by atoms with Crippen molar-refractivity contribution in [2.45, 2.75) is 70.9 Å². The second-order valence-corrected chi connectivity index (χ2v) is 6.04. The van der Waals surface area contributed by atoms with E-state index in [1.165, 1.54) is 12.8 Å². The summed E-state index contributed by atoms with van der Waals surface area (Å²) in [5.41, 5.74) is -0.455. The van der Waals surface area contributed by atoms with Gasteiger partial charge in [0.2, 0.25) is 0 Å². The summed E-state index contributed by atoms with van der Waals surface area (Å²) in [5.74, 6) is 0. The lowest BCUT2D eigenvalue weighted by Gasteiger charge is -2.34. The van der Waals surface area contributed by atoms with Gasteiger partial charge in [-0.1, -0.05) is 19.3 Å². The maximum atomic E-state index is 12.2. The van der Waals surface area contributed by atoms with Crippen molar-refractivity contribution in [2.75, 3.05) is 13.2 Å². The Bertz CT molecular complexity index is 260. The molecule has 0 radical (unpaired) electrons. The molecule has 1 atom stereocenters. The predicted octanol–water partition coefficient (Wildman–Crippen LogP) is 2.94. The number of nitrogens with zero attached hydrogens (tertiary/aromatic N) is 1. The highest BCUT2D eigenvalue weighted by Crippen LogP contribution is 2.21. The third kappa shape index (κ3) is 5.25. The Morgan fingerprint density at radius 2 is 1.94 bits per heavy atom.